The number of methoxy groups -OCH3 is 1. The molecule has 36 heavy (non-hydrogen) atoms. The van der Waals surface area contributed by atoms with Crippen LogP contribution >= 0.6 is 0 Å². The first-order chi connectivity index (χ1) is 17.5. The summed E-state index contributed by atoms with van der Waals surface area (Å²) in [5.41, 5.74) is 3.47. The molecule has 0 amide bonds. The number of benzene rings is 3. The highest BCUT2D eigenvalue weighted by Gasteiger charge is 2.13. The third kappa shape index (κ3) is 5.35. The van der Waals surface area contributed by atoms with Crippen LogP contribution in [0.1, 0.15) is 11.1 Å². The molecular weight excluding hydrogens is 464 g/mol. The number of ether oxygens (including phenoxy) is 2. The second-order valence-corrected chi connectivity index (χ2v) is 7.25. The maximum absolute atomic E-state index is 12.3. The molecule has 3 aromatic carbocycles. The summed E-state index contributed by atoms with van der Waals surface area (Å²) < 4.78 is 11.2. The third-order valence-corrected chi connectivity index (χ3v) is 4.93. The second-order valence-electron chi connectivity index (χ2n) is 7.25. The van der Waals surface area contributed by atoms with Gasteiger partial charge in [0.1, 0.15) is 17.4 Å². The van der Waals surface area contributed by atoms with E-state index in [1.807, 2.05) is 12.1 Å². The van der Waals surface area contributed by atoms with Crippen molar-refractivity contribution in [3.8, 4) is 34.6 Å². The van der Waals surface area contributed by atoms with Gasteiger partial charge >= 0.3 is 0 Å². The Morgan fingerprint density at radius 3 is 2.53 bits per heavy atom. The summed E-state index contributed by atoms with van der Waals surface area (Å²) in [5.74, 6) is 1.29. The molecule has 0 atom stereocenters. The number of nitriles is 1. The molecular formula is C25H18N6O5. The smallest absolute Gasteiger partial charge is 0.270 e. The van der Waals surface area contributed by atoms with Gasteiger partial charge in [0.25, 0.3) is 11.2 Å². The molecule has 0 unspecified atom stereocenters. The predicted molar refractivity (Wildman–Crippen MR) is 132 cm³/mol. The quantitative estimate of drug-likeness (QED) is 0.212. The molecule has 4 aromatic rings. The molecule has 0 spiro atoms. The third-order valence-electron chi connectivity index (χ3n) is 4.93. The molecule has 11 heteroatoms. The number of anilines is 1. The summed E-state index contributed by atoms with van der Waals surface area (Å²) in [6.45, 7) is 0. The Balaban J connectivity index is 1.51. The van der Waals surface area contributed by atoms with E-state index in [1.165, 1.54) is 37.6 Å². The van der Waals surface area contributed by atoms with Crippen LogP contribution in [0.2, 0.25) is 0 Å². The number of nitrogens with zero attached hydrogens (tertiary/aromatic N) is 4. The Labute approximate surface area is 204 Å². The zero-order valence-corrected chi connectivity index (χ0v) is 18.8. The van der Waals surface area contributed by atoms with Gasteiger partial charge in [-0.25, -0.2) is 10.4 Å². The highest BCUT2D eigenvalue weighted by atomic mass is 16.6. The van der Waals surface area contributed by atoms with Crippen molar-refractivity contribution in [1.29, 1.82) is 5.26 Å². The van der Waals surface area contributed by atoms with E-state index in [4.69, 9.17) is 9.47 Å². The van der Waals surface area contributed by atoms with Crippen LogP contribution in [0.25, 0.3) is 11.3 Å². The summed E-state index contributed by atoms with van der Waals surface area (Å²) >= 11 is 0. The number of hydrogen-bond donors (Lipinski definition) is 2. The van der Waals surface area contributed by atoms with Gasteiger partial charge in [-0.05, 0) is 35.9 Å². The molecule has 0 radical (unpaired) electrons. The van der Waals surface area contributed by atoms with E-state index in [1.54, 1.807) is 42.5 Å². The largest absolute Gasteiger partial charge is 0.493 e. The van der Waals surface area contributed by atoms with Gasteiger partial charge in [0, 0.05) is 17.7 Å². The van der Waals surface area contributed by atoms with E-state index in [0.29, 0.717) is 28.4 Å². The van der Waals surface area contributed by atoms with Gasteiger partial charge in [0.05, 0.1) is 23.9 Å². The molecule has 0 saturated heterocycles. The lowest BCUT2D eigenvalue weighted by atomic mass is 10.1. The zero-order chi connectivity index (χ0) is 25.5. The van der Waals surface area contributed by atoms with Crippen LogP contribution < -0.4 is 20.5 Å². The van der Waals surface area contributed by atoms with E-state index in [9.17, 15) is 20.2 Å². The number of aromatic amines is 1. The van der Waals surface area contributed by atoms with Crippen LogP contribution in [0.3, 0.4) is 0 Å². The topological polar surface area (TPSA) is 156 Å². The van der Waals surface area contributed by atoms with Gasteiger partial charge in [-0.1, -0.05) is 30.3 Å². The molecule has 1 heterocycles. The Kier molecular flexibility index (Phi) is 6.98. The standard InChI is InChI=1S/C25H18N6O5/c1-35-22-13-16(7-12-21(22)36-19-10-8-18(9-11-19)31(33)34)15-27-30-25-28-23(17-5-3-2-4-6-17)20(14-26)24(32)29-25/h2-13,15H,1H3,(H2,28,29,30,32). The van der Waals surface area contributed by atoms with Crippen LogP contribution in [-0.2, 0) is 0 Å². The molecule has 0 aliphatic heterocycles. The molecule has 0 saturated carbocycles. The molecule has 4 rings (SSSR count). The molecule has 0 bridgehead atoms. The van der Waals surface area contributed by atoms with E-state index >= 15 is 0 Å². The first-order valence-electron chi connectivity index (χ1n) is 10.5. The van der Waals surface area contributed by atoms with Crippen molar-refractivity contribution < 1.29 is 14.4 Å². The van der Waals surface area contributed by atoms with E-state index in [2.05, 4.69) is 20.5 Å². The van der Waals surface area contributed by atoms with Crippen LogP contribution in [0.15, 0.2) is 82.7 Å². The fourth-order valence-electron chi connectivity index (χ4n) is 3.21. The number of nitrogens with one attached hydrogen (secondary N) is 2. The van der Waals surface area contributed by atoms with Crippen LogP contribution in [0.5, 0.6) is 17.2 Å². The average Bonchev–Trinajstić information content (AvgIpc) is 2.90. The number of hydrogen-bond acceptors (Lipinski definition) is 9. The fourth-order valence-corrected chi connectivity index (χ4v) is 3.21. The second kappa shape index (κ2) is 10.6. The highest BCUT2D eigenvalue weighted by molar-refractivity contribution is 5.81. The zero-order valence-electron chi connectivity index (χ0n) is 18.8. The molecule has 0 aliphatic carbocycles. The monoisotopic (exact) mass is 482 g/mol. The lowest BCUT2D eigenvalue weighted by Gasteiger charge is -2.11. The highest BCUT2D eigenvalue weighted by Crippen LogP contribution is 2.32. The van der Waals surface area contributed by atoms with E-state index in [0.717, 1.165) is 0 Å². The molecule has 1 aromatic heterocycles. The van der Waals surface area contributed by atoms with Crippen LogP contribution in [0.4, 0.5) is 11.6 Å². The number of hydrazone groups is 1. The maximum atomic E-state index is 12.3. The Bertz CT molecular complexity index is 1530. The predicted octanol–water partition coefficient (Wildman–Crippen LogP) is 4.46. The van der Waals surface area contributed by atoms with E-state index in [-0.39, 0.29) is 22.9 Å². The number of nitro benzene ring substituents is 1. The molecule has 0 fully saturated rings. The maximum Gasteiger partial charge on any atom is 0.270 e. The van der Waals surface area contributed by atoms with Crippen molar-refractivity contribution in [3.05, 3.63) is 104 Å². The first kappa shape index (κ1) is 23.7. The number of rotatable bonds is 8. The van der Waals surface area contributed by atoms with Crippen molar-refractivity contribution in [2.45, 2.75) is 0 Å². The summed E-state index contributed by atoms with van der Waals surface area (Å²) in [7, 11) is 1.48. The minimum Gasteiger partial charge on any atom is -0.493 e. The molecule has 0 aliphatic rings. The fraction of sp³-hybridized carbons (Fsp3) is 0.0400. The average molecular weight is 482 g/mol. The summed E-state index contributed by atoms with van der Waals surface area (Å²) in [6, 6.07) is 21.5. The number of aromatic nitrogens is 2. The van der Waals surface area contributed by atoms with Gasteiger partial charge in [-0.3, -0.25) is 19.9 Å². The van der Waals surface area contributed by atoms with Gasteiger partial charge < -0.3 is 9.47 Å². The van der Waals surface area contributed by atoms with Crippen LogP contribution in [-0.4, -0.2) is 28.2 Å². The number of nitro groups is 1. The van der Waals surface area contributed by atoms with Crippen LogP contribution in [0, 0.1) is 21.4 Å². The number of non-ortho nitro benzene ring substituents is 1. The number of H-pyrrole nitrogens is 1. The van der Waals surface area contributed by atoms with E-state index < -0.39 is 10.5 Å². The minimum atomic E-state index is -0.585. The molecule has 2 N–H and O–H groups in total. The van der Waals surface area contributed by atoms with Gasteiger partial charge in [-0.2, -0.15) is 10.4 Å². The summed E-state index contributed by atoms with van der Waals surface area (Å²) in [5, 5.41) is 24.3. The van der Waals surface area contributed by atoms with Crippen molar-refractivity contribution in [2.75, 3.05) is 12.5 Å². The Morgan fingerprint density at radius 2 is 1.86 bits per heavy atom. The van der Waals surface area contributed by atoms with Gasteiger partial charge in [-0.15, -0.1) is 0 Å². The van der Waals surface area contributed by atoms with Gasteiger partial charge in [0.2, 0.25) is 5.95 Å². The minimum absolute atomic E-state index is 0.0395. The Morgan fingerprint density at radius 1 is 1.11 bits per heavy atom. The molecule has 11 nitrogen and oxygen atoms in total. The van der Waals surface area contributed by atoms with Crippen molar-refractivity contribution in [2.24, 2.45) is 5.10 Å². The van der Waals surface area contributed by atoms with Gasteiger partial charge in [0.15, 0.2) is 11.5 Å². The first-order valence-corrected chi connectivity index (χ1v) is 10.5. The lowest BCUT2D eigenvalue weighted by Crippen LogP contribution is -2.16. The normalized spacial score (nSPS) is 10.6. The van der Waals surface area contributed by atoms with Crippen molar-refractivity contribution in [3.63, 3.8) is 0 Å². The SMILES string of the molecule is COc1cc(C=NNc2nc(-c3ccccc3)c(C#N)c(=O)[nH]2)ccc1Oc1ccc([N+](=O)[O-])cc1. The summed E-state index contributed by atoms with van der Waals surface area (Å²) in [4.78, 5) is 29.5. The molecule has 178 valence electrons. The lowest BCUT2D eigenvalue weighted by molar-refractivity contribution is -0.384. The summed E-state index contributed by atoms with van der Waals surface area (Å²) in [6.07, 6.45) is 1.48. The Hall–Kier alpha value is -5.50. The van der Waals surface area contributed by atoms with Crippen molar-refractivity contribution >= 4 is 17.9 Å². The van der Waals surface area contributed by atoms with Crippen molar-refractivity contribution in [1.82, 2.24) is 9.97 Å².